The molecule has 0 saturated carbocycles. The number of aromatic nitrogens is 2. The Morgan fingerprint density at radius 3 is 2.64 bits per heavy atom. The number of halogens is 2. The minimum atomic E-state index is -2.51. The van der Waals surface area contributed by atoms with Crippen LogP contribution in [0.25, 0.3) is 0 Å². The van der Waals surface area contributed by atoms with Crippen molar-refractivity contribution >= 4 is 5.82 Å². The van der Waals surface area contributed by atoms with Crippen molar-refractivity contribution in [2.75, 3.05) is 18.0 Å². The Bertz CT molecular complexity index is 292. The van der Waals surface area contributed by atoms with Crippen LogP contribution in [0.1, 0.15) is 12.8 Å². The Morgan fingerprint density at radius 2 is 2.07 bits per heavy atom. The van der Waals surface area contributed by atoms with Gasteiger partial charge in [-0.05, 0) is 0 Å². The molecule has 0 unspecified atom stereocenters. The summed E-state index contributed by atoms with van der Waals surface area (Å²) in [6.07, 6.45) is 5.39. The van der Waals surface area contributed by atoms with Gasteiger partial charge < -0.3 is 4.90 Å². The van der Waals surface area contributed by atoms with Crippen molar-refractivity contribution in [1.82, 2.24) is 9.97 Å². The van der Waals surface area contributed by atoms with Gasteiger partial charge in [-0.25, -0.2) is 13.8 Å². The summed E-state index contributed by atoms with van der Waals surface area (Å²) in [7, 11) is 0. The van der Waals surface area contributed by atoms with Gasteiger partial charge in [-0.2, -0.15) is 0 Å². The lowest BCUT2D eigenvalue weighted by atomic mass is 10.1. The number of rotatable bonds is 1. The Hall–Kier alpha value is -1.26. The first-order chi connectivity index (χ1) is 6.67. The molecule has 0 aromatic carbocycles. The predicted octanol–water partition coefficient (Wildman–Crippen LogP) is 1.51. The van der Waals surface area contributed by atoms with Crippen LogP contribution in [0.2, 0.25) is 0 Å². The molecule has 2 heterocycles. The molecule has 3 nitrogen and oxygen atoms in total. The SMILES string of the molecule is FC1(F)CCN(c2cnc[c]n2)CC1. The van der Waals surface area contributed by atoms with Gasteiger partial charge in [-0.15, -0.1) is 0 Å². The average molecular weight is 198 g/mol. The van der Waals surface area contributed by atoms with Crippen LogP contribution in [0.4, 0.5) is 14.6 Å². The normalized spacial score (nSPS) is 20.9. The van der Waals surface area contributed by atoms with E-state index in [0.717, 1.165) is 0 Å². The summed E-state index contributed by atoms with van der Waals surface area (Å²) in [5.41, 5.74) is 0. The third kappa shape index (κ3) is 1.97. The first-order valence-electron chi connectivity index (χ1n) is 4.48. The molecule has 0 N–H and O–H groups in total. The van der Waals surface area contributed by atoms with E-state index in [9.17, 15) is 8.78 Å². The molecule has 0 spiro atoms. The van der Waals surface area contributed by atoms with E-state index >= 15 is 0 Å². The maximum Gasteiger partial charge on any atom is 0.251 e. The lowest BCUT2D eigenvalue weighted by molar-refractivity contribution is -0.0221. The Balaban J connectivity index is 2.03. The molecule has 0 bridgehead atoms. The van der Waals surface area contributed by atoms with E-state index in [4.69, 9.17) is 0 Å². The summed E-state index contributed by atoms with van der Waals surface area (Å²) in [6, 6.07) is 0. The molecule has 1 aliphatic heterocycles. The van der Waals surface area contributed by atoms with E-state index in [1.54, 1.807) is 11.1 Å². The van der Waals surface area contributed by atoms with Gasteiger partial charge in [0.1, 0.15) is 12.0 Å². The minimum absolute atomic E-state index is 0.108. The highest BCUT2D eigenvalue weighted by atomic mass is 19.3. The Labute approximate surface area is 80.8 Å². The minimum Gasteiger partial charge on any atom is -0.355 e. The number of hydrogen-bond acceptors (Lipinski definition) is 3. The number of hydrogen-bond donors (Lipinski definition) is 0. The molecule has 75 valence electrons. The van der Waals surface area contributed by atoms with Crippen LogP contribution in [-0.4, -0.2) is 29.0 Å². The Morgan fingerprint density at radius 1 is 1.36 bits per heavy atom. The lowest BCUT2D eigenvalue weighted by Gasteiger charge is -2.32. The summed E-state index contributed by atoms with van der Waals surface area (Å²) in [5.74, 6) is -1.88. The molecule has 1 aromatic rings. The van der Waals surface area contributed by atoms with Crippen LogP contribution >= 0.6 is 0 Å². The van der Waals surface area contributed by atoms with E-state index < -0.39 is 5.92 Å². The number of anilines is 1. The lowest BCUT2D eigenvalue weighted by Crippen LogP contribution is -2.39. The van der Waals surface area contributed by atoms with Crippen molar-refractivity contribution < 1.29 is 8.78 Å². The first-order valence-corrected chi connectivity index (χ1v) is 4.48. The summed E-state index contributed by atoms with van der Waals surface area (Å²) in [6.45, 7) is 0.666. The average Bonchev–Trinajstić information content (AvgIpc) is 2.19. The van der Waals surface area contributed by atoms with Crippen molar-refractivity contribution in [3.63, 3.8) is 0 Å². The zero-order chi connectivity index (χ0) is 10.0. The highest BCUT2D eigenvalue weighted by molar-refractivity contribution is 5.35. The molecule has 1 radical (unpaired) electrons. The summed E-state index contributed by atoms with van der Waals surface area (Å²) >= 11 is 0. The van der Waals surface area contributed by atoms with Gasteiger partial charge in [0.25, 0.3) is 5.92 Å². The zero-order valence-electron chi connectivity index (χ0n) is 7.58. The summed E-state index contributed by atoms with van der Waals surface area (Å²) < 4.78 is 25.6. The van der Waals surface area contributed by atoms with Crippen molar-refractivity contribution in [1.29, 1.82) is 0 Å². The quantitative estimate of drug-likeness (QED) is 0.685. The van der Waals surface area contributed by atoms with Gasteiger partial charge >= 0.3 is 0 Å². The number of piperidine rings is 1. The molecular formula is C9H10F2N3. The first kappa shape index (κ1) is 9.30. The van der Waals surface area contributed by atoms with Crippen molar-refractivity contribution in [3.05, 3.63) is 18.6 Å². The van der Waals surface area contributed by atoms with Crippen LogP contribution < -0.4 is 4.90 Å². The van der Waals surface area contributed by atoms with Crippen molar-refractivity contribution in [2.45, 2.75) is 18.8 Å². The highest BCUT2D eigenvalue weighted by Crippen LogP contribution is 2.29. The molecule has 0 amide bonds. The maximum absolute atomic E-state index is 12.8. The molecule has 5 heteroatoms. The molecule has 1 fully saturated rings. The third-order valence-electron chi connectivity index (χ3n) is 2.32. The van der Waals surface area contributed by atoms with E-state index in [0.29, 0.717) is 18.9 Å². The van der Waals surface area contributed by atoms with E-state index in [-0.39, 0.29) is 12.8 Å². The van der Waals surface area contributed by atoms with Crippen LogP contribution in [0.15, 0.2) is 12.4 Å². The molecule has 1 saturated heterocycles. The van der Waals surface area contributed by atoms with Gasteiger partial charge in [-0.1, -0.05) is 0 Å². The monoisotopic (exact) mass is 198 g/mol. The van der Waals surface area contributed by atoms with E-state index in [1.807, 2.05) is 0 Å². The fourth-order valence-electron chi connectivity index (χ4n) is 1.48. The van der Waals surface area contributed by atoms with E-state index in [1.165, 1.54) is 6.20 Å². The largest absolute Gasteiger partial charge is 0.355 e. The fourth-order valence-corrected chi connectivity index (χ4v) is 1.48. The highest BCUT2D eigenvalue weighted by Gasteiger charge is 2.34. The van der Waals surface area contributed by atoms with Gasteiger partial charge in [0.2, 0.25) is 0 Å². The van der Waals surface area contributed by atoms with E-state index in [2.05, 4.69) is 16.2 Å². The second-order valence-corrected chi connectivity index (χ2v) is 3.35. The standard InChI is InChI=1S/C9H10F2N3/c10-9(11)1-5-14(6-2-9)8-7-12-3-4-13-8/h3,7H,1-2,5-6H2. The molecule has 1 aliphatic rings. The number of nitrogens with zero attached hydrogens (tertiary/aromatic N) is 3. The van der Waals surface area contributed by atoms with Gasteiger partial charge in [0.15, 0.2) is 0 Å². The van der Waals surface area contributed by atoms with Crippen LogP contribution in [0, 0.1) is 6.20 Å². The van der Waals surface area contributed by atoms with Crippen LogP contribution in [0.3, 0.4) is 0 Å². The predicted molar refractivity (Wildman–Crippen MR) is 47.3 cm³/mol. The topological polar surface area (TPSA) is 29.0 Å². The molecular weight excluding hydrogens is 188 g/mol. The second kappa shape index (κ2) is 3.48. The van der Waals surface area contributed by atoms with Gasteiger partial charge in [-0.3, -0.25) is 4.98 Å². The smallest absolute Gasteiger partial charge is 0.251 e. The molecule has 1 aromatic heterocycles. The molecule has 0 aliphatic carbocycles. The molecule has 0 atom stereocenters. The van der Waals surface area contributed by atoms with Crippen LogP contribution in [0.5, 0.6) is 0 Å². The van der Waals surface area contributed by atoms with Crippen molar-refractivity contribution in [3.8, 4) is 0 Å². The van der Waals surface area contributed by atoms with Crippen LogP contribution in [-0.2, 0) is 0 Å². The number of alkyl halides is 2. The summed E-state index contributed by atoms with van der Waals surface area (Å²) in [4.78, 5) is 9.60. The van der Waals surface area contributed by atoms with Gasteiger partial charge in [0, 0.05) is 25.9 Å². The maximum atomic E-state index is 12.8. The molecule has 2 rings (SSSR count). The van der Waals surface area contributed by atoms with Crippen molar-refractivity contribution in [2.24, 2.45) is 0 Å². The summed E-state index contributed by atoms with van der Waals surface area (Å²) in [5, 5.41) is 0. The third-order valence-corrected chi connectivity index (χ3v) is 2.32. The second-order valence-electron chi connectivity index (χ2n) is 3.35. The fraction of sp³-hybridized carbons (Fsp3) is 0.556. The van der Waals surface area contributed by atoms with Gasteiger partial charge in [0.05, 0.1) is 12.4 Å². The molecule has 14 heavy (non-hydrogen) atoms. The Kier molecular flexibility index (Phi) is 2.31. The zero-order valence-corrected chi connectivity index (χ0v) is 7.58.